The molecule has 1 aromatic rings. The van der Waals surface area contributed by atoms with Gasteiger partial charge in [-0.25, -0.2) is 9.59 Å². The SMILES string of the molecule is COc1cccc(NC(=O)CCN2CCCC2)c1.O=C(O)C(=O)O. The number of carbonyl (C=O) groups excluding carboxylic acids is 1. The van der Waals surface area contributed by atoms with Crippen LogP contribution in [-0.2, 0) is 14.4 Å². The zero-order valence-electron chi connectivity index (χ0n) is 13.5. The van der Waals surface area contributed by atoms with Gasteiger partial charge in [-0.15, -0.1) is 0 Å². The molecule has 0 atom stereocenters. The van der Waals surface area contributed by atoms with Crippen molar-refractivity contribution in [1.82, 2.24) is 4.90 Å². The summed E-state index contributed by atoms with van der Waals surface area (Å²) in [6, 6.07) is 7.43. The van der Waals surface area contributed by atoms with Gasteiger partial charge < -0.3 is 25.2 Å². The molecule has 1 aliphatic heterocycles. The number of benzene rings is 1. The molecule has 1 heterocycles. The Morgan fingerprint density at radius 2 is 1.79 bits per heavy atom. The van der Waals surface area contributed by atoms with Crippen LogP contribution in [0.4, 0.5) is 5.69 Å². The minimum absolute atomic E-state index is 0.0650. The smallest absolute Gasteiger partial charge is 0.414 e. The highest BCUT2D eigenvalue weighted by atomic mass is 16.5. The topological polar surface area (TPSA) is 116 Å². The molecule has 2 rings (SSSR count). The molecule has 0 unspecified atom stereocenters. The van der Waals surface area contributed by atoms with Crippen LogP contribution in [0.5, 0.6) is 5.75 Å². The lowest BCUT2D eigenvalue weighted by Gasteiger charge is -2.14. The fourth-order valence-electron chi connectivity index (χ4n) is 2.19. The minimum atomic E-state index is -1.82. The first-order chi connectivity index (χ1) is 11.4. The maximum absolute atomic E-state index is 11.8. The van der Waals surface area contributed by atoms with E-state index < -0.39 is 11.9 Å². The van der Waals surface area contributed by atoms with E-state index >= 15 is 0 Å². The van der Waals surface area contributed by atoms with E-state index in [-0.39, 0.29) is 5.91 Å². The van der Waals surface area contributed by atoms with Crippen LogP contribution in [0, 0.1) is 0 Å². The first-order valence-corrected chi connectivity index (χ1v) is 7.55. The normalized spacial score (nSPS) is 13.5. The van der Waals surface area contributed by atoms with E-state index in [0.29, 0.717) is 6.42 Å². The summed E-state index contributed by atoms with van der Waals surface area (Å²) in [6.07, 6.45) is 3.08. The maximum Gasteiger partial charge on any atom is 0.414 e. The number of nitrogens with one attached hydrogen (secondary N) is 1. The van der Waals surface area contributed by atoms with Gasteiger partial charge in [-0.05, 0) is 38.1 Å². The van der Waals surface area contributed by atoms with Crippen LogP contribution in [0.25, 0.3) is 0 Å². The molecule has 1 saturated heterocycles. The van der Waals surface area contributed by atoms with Gasteiger partial charge in [0, 0.05) is 24.7 Å². The van der Waals surface area contributed by atoms with Crippen molar-refractivity contribution in [3.8, 4) is 5.75 Å². The molecule has 24 heavy (non-hydrogen) atoms. The molecule has 1 amide bonds. The van der Waals surface area contributed by atoms with Gasteiger partial charge in [0.2, 0.25) is 5.91 Å². The fourth-order valence-corrected chi connectivity index (χ4v) is 2.19. The molecule has 3 N–H and O–H groups in total. The molecule has 132 valence electrons. The van der Waals surface area contributed by atoms with Crippen LogP contribution < -0.4 is 10.1 Å². The van der Waals surface area contributed by atoms with Crippen LogP contribution in [-0.4, -0.2) is 59.7 Å². The van der Waals surface area contributed by atoms with Gasteiger partial charge in [0.1, 0.15) is 5.75 Å². The lowest BCUT2D eigenvalue weighted by Crippen LogP contribution is -2.25. The standard InChI is InChI=1S/C14H20N2O2.C2H2O4/c1-18-13-6-4-5-12(11-13)15-14(17)7-10-16-8-2-3-9-16;3-1(4)2(5)6/h4-6,11H,2-3,7-10H2,1H3,(H,15,17);(H,3,4)(H,5,6). The summed E-state index contributed by atoms with van der Waals surface area (Å²) in [5, 5.41) is 17.7. The van der Waals surface area contributed by atoms with Crippen molar-refractivity contribution in [3.05, 3.63) is 24.3 Å². The second kappa shape index (κ2) is 10.2. The van der Waals surface area contributed by atoms with Gasteiger partial charge in [0.05, 0.1) is 7.11 Å². The zero-order valence-corrected chi connectivity index (χ0v) is 13.5. The lowest BCUT2D eigenvalue weighted by atomic mass is 10.3. The molecule has 0 bridgehead atoms. The molecular weight excluding hydrogens is 316 g/mol. The zero-order chi connectivity index (χ0) is 17.9. The maximum atomic E-state index is 11.8. The predicted octanol–water partition coefficient (Wildman–Crippen LogP) is 1.28. The van der Waals surface area contributed by atoms with Gasteiger partial charge in [-0.3, -0.25) is 4.79 Å². The van der Waals surface area contributed by atoms with Gasteiger partial charge in [-0.1, -0.05) is 6.07 Å². The number of aliphatic carboxylic acids is 2. The number of amides is 1. The second-order valence-electron chi connectivity index (χ2n) is 5.19. The number of likely N-dealkylation sites (tertiary alicyclic amines) is 1. The van der Waals surface area contributed by atoms with Crippen molar-refractivity contribution in [2.24, 2.45) is 0 Å². The van der Waals surface area contributed by atoms with E-state index in [1.165, 1.54) is 12.8 Å². The van der Waals surface area contributed by atoms with Crippen LogP contribution >= 0.6 is 0 Å². The van der Waals surface area contributed by atoms with Crippen molar-refractivity contribution in [2.75, 3.05) is 32.1 Å². The van der Waals surface area contributed by atoms with Crippen molar-refractivity contribution in [2.45, 2.75) is 19.3 Å². The van der Waals surface area contributed by atoms with E-state index in [0.717, 1.165) is 31.1 Å². The summed E-state index contributed by atoms with van der Waals surface area (Å²) in [6.45, 7) is 3.12. The highest BCUT2D eigenvalue weighted by Gasteiger charge is 2.12. The molecule has 8 nitrogen and oxygen atoms in total. The summed E-state index contributed by atoms with van der Waals surface area (Å²) in [7, 11) is 1.62. The second-order valence-corrected chi connectivity index (χ2v) is 5.19. The molecule has 1 aromatic carbocycles. The number of anilines is 1. The molecule has 8 heteroatoms. The Labute approximate surface area is 140 Å². The van der Waals surface area contributed by atoms with E-state index in [1.54, 1.807) is 7.11 Å². The average molecular weight is 338 g/mol. The molecule has 1 fully saturated rings. The number of rotatable bonds is 5. The lowest BCUT2D eigenvalue weighted by molar-refractivity contribution is -0.159. The Morgan fingerprint density at radius 3 is 2.33 bits per heavy atom. The molecular formula is C16H22N2O6. The highest BCUT2D eigenvalue weighted by molar-refractivity contribution is 6.27. The Morgan fingerprint density at radius 1 is 1.17 bits per heavy atom. The number of carbonyl (C=O) groups is 3. The fraction of sp³-hybridized carbons (Fsp3) is 0.438. The minimum Gasteiger partial charge on any atom is -0.497 e. The van der Waals surface area contributed by atoms with E-state index in [4.69, 9.17) is 24.5 Å². The molecule has 1 aliphatic rings. The largest absolute Gasteiger partial charge is 0.497 e. The molecule has 0 aromatic heterocycles. The summed E-state index contributed by atoms with van der Waals surface area (Å²) < 4.78 is 5.12. The van der Waals surface area contributed by atoms with Crippen LogP contribution in [0.15, 0.2) is 24.3 Å². The number of carboxylic acids is 2. The number of hydrogen-bond acceptors (Lipinski definition) is 5. The van der Waals surface area contributed by atoms with Gasteiger partial charge >= 0.3 is 11.9 Å². The van der Waals surface area contributed by atoms with Crippen molar-refractivity contribution in [1.29, 1.82) is 0 Å². The first-order valence-electron chi connectivity index (χ1n) is 7.55. The Balaban J connectivity index is 0.000000413. The summed E-state index contributed by atoms with van der Waals surface area (Å²) >= 11 is 0. The number of ether oxygens (including phenoxy) is 1. The molecule has 0 saturated carbocycles. The summed E-state index contributed by atoms with van der Waals surface area (Å²) in [5.41, 5.74) is 0.792. The molecule has 0 radical (unpaired) electrons. The quantitative estimate of drug-likeness (QED) is 0.692. The average Bonchev–Trinajstić information content (AvgIpc) is 3.07. The summed E-state index contributed by atoms with van der Waals surface area (Å²) in [5.74, 6) is -2.83. The Bertz CT molecular complexity index is 557. The number of methoxy groups -OCH3 is 1. The van der Waals surface area contributed by atoms with Crippen molar-refractivity contribution >= 4 is 23.5 Å². The third-order valence-corrected chi connectivity index (χ3v) is 3.39. The van der Waals surface area contributed by atoms with E-state index in [1.807, 2.05) is 24.3 Å². The predicted molar refractivity (Wildman–Crippen MR) is 87.2 cm³/mol. The Hall–Kier alpha value is -2.61. The van der Waals surface area contributed by atoms with Crippen LogP contribution in [0.3, 0.4) is 0 Å². The van der Waals surface area contributed by atoms with Crippen LogP contribution in [0.2, 0.25) is 0 Å². The van der Waals surface area contributed by atoms with Gasteiger partial charge in [-0.2, -0.15) is 0 Å². The molecule has 0 aliphatic carbocycles. The first kappa shape index (κ1) is 19.4. The van der Waals surface area contributed by atoms with Crippen LogP contribution in [0.1, 0.15) is 19.3 Å². The third-order valence-electron chi connectivity index (χ3n) is 3.39. The number of hydrogen-bond donors (Lipinski definition) is 3. The van der Waals surface area contributed by atoms with Gasteiger partial charge in [0.15, 0.2) is 0 Å². The van der Waals surface area contributed by atoms with E-state index in [9.17, 15) is 4.79 Å². The summed E-state index contributed by atoms with van der Waals surface area (Å²) in [4.78, 5) is 32.3. The highest BCUT2D eigenvalue weighted by Crippen LogP contribution is 2.17. The monoisotopic (exact) mass is 338 g/mol. The molecule has 0 spiro atoms. The van der Waals surface area contributed by atoms with Crippen molar-refractivity contribution in [3.63, 3.8) is 0 Å². The van der Waals surface area contributed by atoms with Crippen molar-refractivity contribution < 1.29 is 29.3 Å². The number of nitrogens with zero attached hydrogens (tertiary/aromatic N) is 1. The third kappa shape index (κ3) is 7.59. The Kier molecular flexibility index (Phi) is 8.28. The van der Waals surface area contributed by atoms with Gasteiger partial charge in [0.25, 0.3) is 0 Å². The van der Waals surface area contributed by atoms with E-state index in [2.05, 4.69) is 10.2 Å². The number of carboxylic acid groups (broad SMARTS) is 2.